The number of rotatable bonds is 2. The second-order valence-corrected chi connectivity index (χ2v) is 4.30. The number of ketones is 1. The van der Waals surface area contributed by atoms with Crippen LogP contribution in [0.1, 0.15) is 15.9 Å². The normalized spacial score (nSPS) is 11.9. The third-order valence-corrected chi connectivity index (χ3v) is 3.21. The van der Waals surface area contributed by atoms with Gasteiger partial charge < -0.3 is 0 Å². The number of non-ortho nitro benzene ring substituents is 2. The Morgan fingerprint density at radius 1 is 0.700 bits per heavy atom. The lowest BCUT2D eigenvalue weighted by molar-refractivity contribution is -0.385. The summed E-state index contributed by atoms with van der Waals surface area (Å²) in [7, 11) is 0. The van der Waals surface area contributed by atoms with E-state index >= 15 is 0 Å². The molecule has 0 N–H and O–H groups in total. The summed E-state index contributed by atoms with van der Waals surface area (Å²) < 4.78 is 0. The molecule has 1 aliphatic carbocycles. The average Bonchev–Trinajstić information content (AvgIpc) is 2.71. The quantitative estimate of drug-likeness (QED) is 0.526. The van der Waals surface area contributed by atoms with E-state index in [1.807, 2.05) is 0 Å². The molecule has 0 fully saturated rings. The van der Waals surface area contributed by atoms with Crippen LogP contribution in [-0.2, 0) is 0 Å². The number of carbonyl (C=O) groups is 1. The molecule has 2 aromatic carbocycles. The van der Waals surface area contributed by atoms with Crippen LogP contribution in [0.5, 0.6) is 0 Å². The maximum Gasteiger partial charge on any atom is 0.270 e. The van der Waals surface area contributed by atoms with Crippen LogP contribution in [0.2, 0.25) is 0 Å². The fraction of sp³-hybridized carbons (Fsp3) is 0. The monoisotopic (exact) mass is 270 g/mol. The standard InChI is InChI=1S/C13H6N2O5/c16-13-9-3-1-7(14(17)18)5-11(9)12-6-8(15(19)20)2-4-10(12)13/h1-6H. The topological polar surface area (TPSA) is 103 Å². The van der Waals surface area contributed by atoms with Gasteiger partial charge in [0.1, 0.15) is 0 Å². The predicted molar refractivity (Wildman–Crippen MR) is 68.6 cm³/mol. The SMILES string of the molecule is O=C1c2ccc([N+](=O)[O-])cc2-c2cc([N+](=O)[O-])ccc21. The minimum Gasteiger partial charge on any atom is -0.289 e. The van der Waals surface area contributed by atoms with Crippen LogP contribution in [0.25, 0.3) is 11.1 Å². The van der Waals surface area contributed by atoms with E-state index in [1.165, 1.54) is 36.4 Å². The summed E-state index contributed by atoms with van der Waals surface area (Å²) in [6, 6.07) is 7.78. The molecule has 0 saturated heterocycles. The molecule has 0 unspecified atom stereocenters. The van der Waals surface area contributed by atoms with Crippen molar-refractivity contribution in [3.05, 3.63) is 67.8 Å². The first-order chi connectivity index (χ1) is 9.49. The Morgan fingerprint density at radius 3 is 1.45 bits per heavy atom. The van der Waals surface area contributed by atoms with Gasteiger partial charge in [0.25, 0.3) is 11.4 Å². The highest BCUT2D eigenvalue weighted by atomic mass is 16.6. The summed E-state index contributed by atoms with van der Waals surface area (Å²) >= 11 is 0. The lowest BCUT2D eigenvalue weighted by Crippen LogP contribution is -1.95. The number of hydrogen-bond acceptors (Lipinski definition) is 5. The maximum atomic E-state index is 12.1. The van der Waals surface area contributed by atoms with Crippen LogP contribution in [0.4, 0.5) is 11.4 Å². The molecule has 3 rings (SSSR count). The minimum atomic E-state index is -0.569. The van der Waals surface area contributed by atoms with Crippen LogP contribution in [0.3, 0.4) is 0 Å². The number of nitro benzene ring substituents is 2. The molecule has 0 aromatic heterocycles. The zero-order valence-corrected chi connectivity index (χ0v) is 9.90. The van der Waals surface area contributed by atoms with Gasteiger partial charge in [0.2, 0.25) is 0 Å². The number of nitrogens with zero attached hydrogens (tertiary/aromatic N) is 2. The highest BCUT2D eigenvalue weighted by molar-refractivity contribution is 6.22. The molecular formula is C13H6N2O5. The first kappa shape index (κ1) is 12.0. The molecule has 0 saturated carbocycles. The zero-order valence-electron chi connectivity index (χ0n) is 9.90. The Bertz CT molecular complexity index is 732. The van der Waals surface area contributed by atoms with Crippen LogP contribution in [0.15, 0.2) is 36.4 Å². The fourth-order valence-corrected chi connectivity index (χ4v) is 2.28. The molecule has 0 aliphatic heterocycles. The van der Waals surface area contributed by atoms with E-state index in [-0.39, 0.29) is 17.2 Å². The van der Waals surface area contributed by atoms with Crippen molar-refractivity contribution in [3.8, 4) is 11.1 Å². The van der Waals surface area contributed by atoms with Gasteiger partial charge in [-0.15, -0.1) is 0 Å². The molecule has 0 atom stereocenters. The van der Waals surface area contributed by atoms with E-state index in [1.54, 1.807) is 0 Å². The van der Waals surface area contributed by atoms with Crippen LogP contribution in [0, 0.1) is 20.2 Å². The summed E-state index contributed by atoms with van der Waals surface area (Å²) in [5, 5.41) is 21.6. The van der Waals surface area contributed by atoms with E-state index in [4.69, 9.17) is 0 Å². The van der Waals surface area contributed by atoms with E-state index in [0.717, 1.165) is 0 Å². The smallest absolute Gasteiger partial charge is 0.270 e. The molecule has 0 spiro atoms. The molecule has 2 aromatic rings. The highest BCUT2D eigenvalue weighted by Gasteiger charge is 2.29. The third-order valence-electron chi connectivity index (χ3n) is 3.21. The van der Waals surface area contributed by atoms with Crippen molar-refractivity contribution < 1.29 is 14.6 Å². The second-order valence-electron chi connectivity index (χ2n) is 4.30. The van der Waals surface area contributed by atoms with E-state index in [0.29, 0.717) is 22.3 Å². The van der Waals surface area contributed by atoms with Crippen LogP contribution in [-0.4, -0.2) is 15.6 Å². The molecule has 1 aliphatic rings. The van der Waals surface area contributed by atoms with E-state index in [9.17, 15) is 25.0 Å². The van der Waals surface area contributed by atoms with Gasteiger partial charge in [-0.1, -0.05) is 0 Å². The lowest BCUT2D eigenvalue weighted by atomic mass is 10.0. The molecule has 7 nitrogen and oxygen atoms in total. The molecular weight excluding hydrogens is 264 g/mol. The Morgan fingerprint density at radius 2 is 1.10 bits per heavy atom. The Kier molecular flexibility index (Phi) is 2.37. The fourth-order valence-electron chi connectivity index (χ4n) is 2.28. The first-order valence-electron chi connectivity index (χ1n) is 5.61. The Hall–Kier alpha value is -3.09. The van der Waals surface area contributed by atoms with Gasteiger partial charge in [-0.3, -0.25) is 25.0 Å². The number of hydrogen-bond donors (Lipinski definition) is 0. The number of carbonyl (C=O) groups excluding carboxylic acids is 1. The van der Waals surface area contributed by atoms with Crippen molar-refractivity contribution in [1.82, 2.24) is 0 Å². The van der Waals surface area contributed by atoms with Gasteiger partial charge in [-0.25, -0.2) is 0 Å². The largest absolute Gasteiger partial charge is 0.289 e. The van der Waals surface area contributed by atoms with Crippen molar-refractivity contribution in [1.29, 1.82) is 0 Å². The van der Waals surface area contributed by atoms with Gasteiger partial charge in [-0.2, -0.15) is 0 Å². The van der Waals surface area contributed by atoms with Gasteiger partial charge in [0.05, 0.1) is 9.85 Å². The van der Waals surface area contributed by atoms with Gasteiger partial charge in [-0.05, 0) is 12.1 Å². The number of fused-ring (bicyclic) bond motifs is 3. The lowest BCUT2D eigenvalue weighted by Gasteiger charge is -1.99. The minimum absolute atomic E-state index is 0.157. The Labute approximate surface area is 111 Å². The van der Waals surface area contributed by atoms with Crippen LogP contribution < -0.4 is 0 Å². The van der Waals surface area contributed by atoms with E-state index in [2.05, 4.69) is 0 Å². The predicted octanol–water partition coefficient (Wildman–Crippen LogP) is 2.71. The molecule has 0 heterocycles. The molecule has 0 radical (unpaired) electrons. The molecule has 0 amide bonds. The molecule has 20 heavy (non-hydrogen) atoms. The van der Waals surface area contributed by atoms with Crippen molar-refractivity contribution in [2.75, 3.05) is 0 Å². The summed E-state index contributed by atoms with van der Waals surface area (Å²) in [5.41, 5.74) is 1.06. The van der Waals surface area contributed by atoms with Gasteiger partial charge in [0, 0.05) is 46.5 Å². The molecule has 0 bridgehead atoms. The van der Waals surface area contributed by atoms with Crippen molar-refractivity contribution in [3.63, 3.8) is 0 Å². The van der Waals surface area contributed by atoms with Crippen LogP contribution >= 0.6 is 0 Å². The molecule has 7 heteroatoms. The summed E-state index contributed by atoms with van der Waals surface area (Å²) in [4.78, 5) is 32.5. The van der Waals surface area contributed by atoms with E-state index < -0.39 is 9.85 Å². The number of benzene rings is 2. The summed E-state index contributed by atoms with van der Waals surface area (Å²) in [6.45, 7) is 0. The average molecular weight is 270 g/mol. The highest BCUT2D eigenvalue weighted by Crippen LogP contribution is 2.40. The van der Waals surface area contributed by atoms with Crippen molar-refractivity contribution in [2.45, 2.75) is 0 Å². The van der Waals surface area contributed by atoms with Gasteiger partial charge >= 0.3 is 0 Å². The van der Waals surface area contributed by atoms with Gasteiger partial charge in [0.15, 0.2) is 5.78 Å². The summed E-state index contributed by atoms with van der Waals surface area (Å²) in [5.74, 6) is -0.278. The zero-order chi connectivity index (χ0) is 14.4. The Balaban J connectivity index is 2.27. The summed E-state index contributed by atoms with van der Waals surface area (Å²) in [6.07, 6.45) is 0. The second kappa shape index (κ2) is 3.95. The first-order valence-corrected chi connectivity index (χ1v) is 5.61. The van der Waals surface area contributed by atoms with Crippen molar-refractivity contribution in [2.24, 2.45) is 0 Å². The molecule has 98 valence electrons. The maximum absolute atomic E-state index is 12.1. The number of nitro groups is 2. The third kappa shape index (κ3) is 1.57. The van der Waals surface area contributed by atoms with Crippen molar-refractivity contribution >= 4 is 17.2 Å².